The number of nitrogens with one attached hydrogen (secondary N) is 2. The molecule has 10 heteroatoms. The molecular formula is C26H29F2N5O3. The number of allylic oxidation sites excluding steroid dienone is 1. The summed E-state index contributed by atoms with van der Waals surface area (Å²) in [6.07, 6.45) is 2.79. The van der Waals surface area contributed by atoms with Gasteiger partial charge in [-0.2, -0.15) is 0 Å². The molecule has 190 valence electrons. The van der Waals surface area contributed by atoms with E-state index in [-0.39, 0.29) is 30.5 Å². The van der Waals surface area contributed by atoms with E-state index in [1.807, 2.05) is 44.3 Å². The summed E-state index contributed by atoms with van der Waals surface area (Å²) in [5.74, 6) is -3.16. The Kier molecular flexibility index (Phi) is 7.52. The number of carbonyl (C=O) groups is 2. The van der Waals surface area contributed by atoms with Crippen LogP contribution in [0.1, 0.15) is 43.2 Å². The van der Waals surface area contributed by atoms with Crippen LogP contribution in [0, 0.1) is 11.6 Å². The summed E-state index contributed by atoms with van der Waals surface area (Å²) < 4.78 is 35.4. The maximum absolute atomic E-state index is 14.8. The number of aliphatic imine (C=N–C) groups is 1. The highest BCUT2D eigenvalue weighted by Gasteiger charge is 2.34. The van der Waals surface area contributed by atoms with Crippen LogP contribution in [0.3, 0.4) is 0 Å². The van der Waals surface area contributed by atoms with Gasteiger partial charge in [-0.15, -0.1) is 0 Å². The molecule has 2 fully saturated rings. The average molecular weight is 498 g/mol. The van der Waals surface area contributed by atoms with E-state index in [4.69, 9.17) is 10.5 Å². The lowest BCUT2D eigenvalue weighted by molar-refractivity contribution is -0.134. The van der Waals surface area contributed by atoms with Crippen molar-refractivity contribution in [3.63, 3.8) is 0 Å². The van der Waals surface area contributed by atoms with Crippen molar-refractivity contribution in [3.05, 3.63) is 65.2 Å². The summed E-state index contributed by atoms with van der Waals surface area (Å²) in [6, 6.07) is 9.95. The molecule has 8 nitrogen and oxygen atoms in total. The number of nitrogens with two attached hydrogens (primary N) is 1. The number of rotatable bonds is 7. The van der Waals surface area contributed by atoms with Crippen molar-refractivity contribution < 1.29 is 23.1 Å². The molecular weight excluding hydrogens is 468 g/mol. The fourth-order valence-electron chi connectivity index (χ4n) is 4.33. The molecule has 36 heavy (non-hydrogen) atoms. The fourth-order valence-corrected chi connectivity index (χ4v) is 4.33. The number of amidine groups is 1. The number of piperidine rings is 1. The second-order valence-corrected chi connectivity index (χ2v) is 8.76. The Labute approximate surface area is 208 Å². The first kappa shape index (κ1) is 25.2. The van der Waals surface area contributed by atoms with Crippen molar-refractivity contribution in [2.75, 3.05) is 30.4 Å². The molecule has 2 saturated heterocycles. The standard InChI is InChI=1S/C26H29F2N5O3/c1-3-4-22(15-5-7-16(30-2)8-6-15)36-26(29)31-17-13-33(14-17)18-11-20(27)24(21(28)12-18)19-9-10-23(34)32-25(19)35/h4-8,11-12,17,19,30H,3,9-10,13-14H2,1-2H3,(H2,29,31)(H,32,34,35)/b22-4+. The van der Waals surface area contributed by atoms with E-state index in [1.165, 1.54) is 12.1 Å². The Hall–Kier alpha value is -3.95. The monoisotopic (exact) mass is 497 g/mol. The number of amides is 2. The van der Waals surface area contributed by atoms with Gasteiger partial charge < -0.3 is 20.7 Å². The van der Waals surface area contributed by atoms with Crippen molar-refractivity contribution in [1.29, 1.82) is 0 Å². The van der Waals surface area contributed by atoms with Gasteiger partial charge in [-0.3, -0.25) is 14.9 Å². The van der Waals surface area contributed by atoms with E-state index in [9.17, 15) is 18.4 Å². The number of benzene rings is 2. The zero-order chi connectivity index (χ0) is 25.8. The van der Waals surface area contributed by atoms with Gasteiger partial charge in [0.25, 0.3) is 6.02 Å². The second-order valence-electron chi connectivity index (χ2n) is 8.76. The third-order valence-corrected chi connectivity index (χ3v) is 6.25. The van der Waals surface area contributed by atoms with E-state index in [1.54, 1.807) is 4.90 Å². The molecule has 0 aromatic heterocycles. The van der Waals surface area contributed by atoms with Crippen LogP contribution in [0.25, 0.3) is 5.76 Å². The molecule has 1 unspecified atom stereocenters. The summed E-state index contributed by atoms with van der Waals surface area (Å²) >= 11 is 0. The van der Waals surface area contributed by atoms with Crippen LogP contribution in [-0.4, -0.2) is 44.0 Å². The molecule has 2 aliphatic rings. The van der Waals surface area contributed by atoms with Gasteiger partial charge in [0.1, 0.15) is 17.4 Å². The first-order chi connectivity index (χ1) is 17.3. The number of hydrogen-bond donors (Lipinski definition) is 3. The predicted molar refractivity (Wildman–Crippen MR) is 134 cm³/mol. The number of nitrogens with zero attached hydrogens (tertiary/aromatic N) is 2. The summed E-state index contributed by atoms with van der Waals surface area (Å²) in [6.45, 7) is 2.81. The van der Waals surface area contributed by atoms with Crippen LogP contribution in [0.4, 0.5) is 20.2 Å². The normalized spacial score (nSPS) is 19.1. The Morgan fingerprint density at radius 1 is 1.22 bits per heavy atom. The molecule has 2 aliphatic heterocycles. The highest BCUT2D eigenvalue weighted by molar-refractivity contribution is 6.01. The SMILES string of the molecule is CC/C=C(/OC(N)=NC1CN(c2cc(F)c(C3CCC(=O)NC3=O)c(F)c2)C1)c1ccc(NC)cc1. The Morgan fingerprint density at radius 2 is 1.89 bits per heavy atom. The molecule has 4 N–H and O–H groups in total. The molecule has 2 aromatic rings. The molecule has 4 rings (SSSR count). The minimum Gasteiger partial charge on any atom is -0.426 e. The van der Waals surface area contributed by atoms with Crippen LogP contribution < -0.4 is 21.3 Å². The van der Waals surface area contributed by atoms with E-state index >= 15 is 0 Å². The van der Waals surface area contributed by atoms with E-state index in [2.05, 4.69) is 15.6 Å². The smallest absolute Gasteiger partial charge is 0.287 e. The van der Waals surface area contributed by atoms with E-state index in [0.717, 1.165) is 17.7 Å². The molecule has 2 aromatic carbocycles. The zero-order valence-corrected chi connectivity index (χ0v) is 20.2. The molecule has 0 bridgehead atoms. The molecule has 0 saturated carbocycles. The van der Waals surface area contributed by atoms with Crippen molar-refractivity contribution in [3.8, 4) is 0 Å². The number of halogens is 2. The molecule has 0 radical (unpaired) electrons. The minimum absolute atomic E-state index is 0.0163. The van der Waals surface area contributed by atoms with Crippen molar-refractivity contribution in [2.24, 2.45) is 10.7 Å². The Morgan fingerprint density at radius 3 is 2.47 bits per heavy atom. The first-order valence-electron chi connectivity index (χ1n) is 11.9. The molecule has 0 spiro atoms. The third kappa shape index (κ3) is 5.48. The van der Waals surface area contributed by atoms with Crippen molar-refractivity contribution in [2.45, 2.75) is 38.1 Å². The Balaban J connectivity index is 1.39. The maximum Gasteiger partial charge on any atom is 0.287 e. The van der Waals surface area contributed by atoms with Crippen LogP contribution >= 0.6 is 0 Å². The van der Waals surface area contributed by atoms with Crippen molar-refractivity contribution in [1.82, 2.24) is 5.32 Å². The summed E-state index contributed by atoms with van der Waals surface area (Å²) in [7, 11) is 1.84. The van der Waals surface area contributed by atoms with Crippen LogP contribution in [0.15, 0.2) is 47.5 Å². The van der Waals surface area contributed by atoms with Crippen LogP contribution in [0.5, 0.6) is 0 Å². The van der Waals surface area contributed by atoms with E-state index < -0.39 is 29.4 Å². The highest BCUT2D eigenvalue weighted by atomic mass is 19.1. The molecule has 1 atom stereocenters. The summed E-state index contributed by atoms with van der Waals surface area (Å²) in [5.41, 5.74) is 7.92. The number of imide groups is 1. The van der Waals surface area contributed by atoms with Gasteiger partial charge in [0, 0.05) is 49.1 Å². The highest BCUT2D eigenvalue weighted by Crippen LogP contribution is 2.33. The zero-order valence-electron chi connectivity index (χ0n) is 20.2. The van der Waals surface area contributed by atoms with Gasteiger partial charge in [0.15, 0.2) is 0 Å². The molecule has 2 heterocycles. The van der Waals surface area contributed by atoms with Crippen molar-refractivity contribution >= 4 is 35.0 Å². The van der Waals surface area contributed by atoms with Gasteiger partial charge >= 0.3 is 0 Å². The summed E-state index contributed by atoms with van der Waals surface area (Å²) in [5, 5.41) is 5.20. The number of hydrogen-bond acceptors (Lipinski definition) is 6. The number of carbonyl (C=O) groups excluding carboxylic acids is 2. The summed E-state index contributed by atoms with van der Waals surface area (Å²) in [4.78, 5) is 29.6. The van der Waals surface area contributed by atoms with E-state index in [0.29, 0.717) is 24.5 Å². The van der Waals surface area contributed by atoms with Crippen LogP contribution in [0.2, 0.25) is 0 Å². The number of ether oxygens (including phenoxy) is 1. The van der Waals surface area contributed by atoms with Gasteiger partial charge in [0.2, 0.25) is 11.8 Å². The van der Waals surface area contributed by atoms with Gasteiger partial charge in [-0.25, -0.2) is 13.8 Å². The fraction of sp³-hybridized carbons (Fsp3) is 0.346. The molecule has 0 aliphatic carbocycles. The predicted octanol–water partition coefficient (Wildman–Crippen LogP) is 3.50. The molecule has 2 amide bonds. The minimum atomic E-state index is -1.03. The largest absolute Gasteiger partial charge is 0.426 e. The number of anilines is 2. The maximum atomic E-state index is 14.8. The Bertz CT molecular complexity index is 1180. The topological polar surface area (TPSA) is 109 Å². The lowest BCUT2D eigenvalue weighted by Gasteiger charge is -2.39. The quantitative estimate of drug-likeness (QED) is 0.234. The van der Waals surface area contributed by atoms with Crippen LogP contribution in [-0.2, 0) is 14.3 Å². The lowest BCUT2D eigenvalue weighted by atomic mass is 9.89. The third-order valence-electron chi connectivity index (χ3n) is 6.25. The first-order valence-corrected chi connectivity index (χ1v) is 11.9. The average Bonchev–Trinajstić information content (AvgIpc) is 2.81. The van der Waals surface area contributed by atoms with Gasteiger partial charge in [-0.1, -0.05) is 6.92 Å². The lowest BCUT2D eigenvalue weighted by Crippen LogP contribution is -2.51. The van der Waals surface area contributed by atoms with Gasteiger partial charge in [-0.05, 0) is 55.3 Å². The second kappa shape index (κ2) is 10.8. The van der Waals surface area contributed by atoms with Gasteiger partial charge in [0.05, 0.1) is 12.0 Å².